The highest BCUT2D eigenvalue weighted by Crippen LogP contribution is 2.25. The van der Waals surface area contributed by atoms with Gasteiger partial charge in [0.15, 0.2) is 0 Å². The molecule has 1 saturated heterocycles. The van der Waals surface area contributed by atoms with Gasteiger partial charge in [-0.1, -0.05) is 13.3 Å². The number of carbonyl (C=O) groups excluding carboxylic acids is 1. The first-order chi connectivity index (χ1) is 8.11. The van der Waals surface area contributed by atoms with Gasteiger partial charge in [0.25, 0.3) is 0 Å². The fourth-order valence-corrected chi connectivity index (χ4v) is 2.89. The number of rotatable bonds is 4. The lowest BCUT2D eigenvalue weighted by Crippen LogP contribution is -2.25. The molecule has 1 aromatic rings. The predicted molar refractivity (Wildman–Crippen MR) is 69.3 cm³/mol. The molecule has 1 atom stereocenters. The summed E-state index contributed by atoms with van der Waals surface area (Å²) in [6.07, 6.45) is 4.78. The van der Waals surface area contributed by atoms with Crippen LogP contribution in [0.2, 0.25) is 0 Å². The van der Waals surface area contributed by atoms with Crippen molar-refractivity contribution in [1.82, 2.24) is 14.5 Å². The van der Waals surface area contributed by atoms with Crippen LogP contribution in [0.1, 0.15) is 31.9 Å². The Morgan fingerprint density at radius 1 is 1.59 bits per heavy atom. The fourth-order valence-electron chi connectivity index (χ4n) is 2.39. The zero-order valence-corrected chi connectivity index (χ0v) is 11.9. The van der Waals surface area contributed by atoms with Gasteiger partial charge in [-0.2, -0.15) is 0 Å². The standard InChI is InChI=1S/C12H18BrN3O/c1-3-4-9-5-11(17)16(6-9)7-10-12(13)14-8-15(10)2/h8-9H,3-7H2,1-2H3. The van der Waals surface area contributed by atoms with Gasteiger partial charge in [-0.25, -0.2) is 4.98 Å². The Morgan fingerprint density at radius 2 is 2.35 bits per heavy atom. The van der Waals surface area contributed by atoms with Crippen molar-refractivity contribution in [2.45, 2.75) is 32.7 Å². The van der Waals surface area contributed by atoms with Crippen molar-refractivity contribution >= 4 is 21.8 Å². The molecule has 5 heteroatoms. The second-order valence-corrected chi connectivity index (χ2v) is 5.48. The molecule has 4 nitrogen and oxygen atoms in total. The van der Waals surface area contributed by atoms with Crippen LogP contribution in [0.15, 0.2) is 10.9 Å². The van der Waals surface area contributed by atoms with Crippen molar-refractivity contribution in [3.05, 3.63) is 16.6 Å². The van der Waals surface area contributed by atoms with E-state index in [4.69, 9.17) is 0 Å². The highest BCUT2D eigenvalue weighted by molar-refractivity contribution is 9.10. The van der Waals surface area contributed by atoms with Crippen molar-refractivity contribution in [3.8, 4) is 0 Å². The van der Waals surface area contributed by atoms with E-state index in [1.165, 1.54) is 0 Å². The summed E-state index contributed by atoms with van der Waals surface area (Å²) in [5, 5.41) is 0. The van der Waals surface area contributed by atoms with E-state index >= 15 is 0 Å². The van der Waals surface area contributed by atoms with Crippen molar-refractivity contribution < 1.29 is 4.79 Å². The van der Waals surface area contributed by atoms with Gasteiger partial charge in [-0.15, -0.1) is 0 Å². The molecule has 0 radical (unpaired) electrons. The first-order valence-corrected chi connectivity index (χ1v) is 6.84. The van der Waals surface area contributed by atoms with Crippen LogP contribution < -0.4 is 0 Å². The maximum atomic E-state index is 11.9. The first-order valence-electron chi connectivity index (χ1n) is 6.05. The Bertz CT molecular complexity index is 396. The largest absolute Gasteiger partial charge is 0.336 e. The molecule has 1 aliphatic heterocycles. The van der Waals surface area contributed by atoms with Crippen molar-refractivity contribution in [2.24, 2.45) is 13.0 Å². The van der Waals surface area contributed by atoms with E-state index < -0.39 is 0 Å². The van der Waals surface area contributed by atoms with E-state index in [1.807, 2.05) is 16.5 Å². The zero-order chi connectivity index (χ0) is 12.4. The van der Waals surface area contributed by atoms with Crippen LogP contribution in [-0.4, -0.2) is 26.9 Å². The van der Waals surface area contributed by atoms with Gasteiger partial charge in [-0.3, -0.25) is 4.79 Å². The maximum Gasteiger partial charge on any atom is 0.223 e. The molecule has 0 spiro atoms. The molecule has 1 unspecified atom stereocenters. The molecule has 94 valence electrons. The third kappa shape index (κ3) is 2.70. The smallest absolute Gasteiger partial charge is 0.223 e. The Labute approximate surface area is 110 Å². The van der Waals surface area contributed by atoms with Gasteiger partial charge in [0, 0.05) is 20.0 Å². The number of aromatic nitrogens is 2. The maximum absolute atomic E-state index is 11.9. The minimum Gasteiger partial charge on any atom is -0.336 e. The molecule has 1 aliphatic rings. The summed E-state index contributed by atoms with van der Waals surface area (Å²) < 4.78 is 2.80. The molecule has 17 heavy (non-hydrogen) atoms. The lowest BCUT2D eigenvalue weighted by molar-refractivity contribution is -0.128. The van der Waals surface area contributed by atoms with Gasteiger partial charge in [0.2, 0.25) is 5.91 Å². The zero-order valence-electron chi connectivity index (χ0n) is 10.3. The molecular weight excluding hydrogens is 282 g/mol. The average molecular weight is 300 g/mol. The van der Waals surface area contributed by atoms with Gasteiger partial charge < -0.3 is 9.47 Å². The lowest BCUT2D eigenvalue weighted by atomic mass is 10.0. The summed E-state index contributed by atoms with van der Waals surface area (Å²) in [6.45, 7) is 3.73. The Balaban J connectivity index is 2.03. The highest BCUT2D eigenvalue weighted by atomic mass is 79.9. The molecule has 2 rings (SSSR count). The Kier molecular flexibility index (Phi) is 3.86. The number of hydrogen-bond acceptors (Lipinski definition) is 2. The molecule has 0 bridgehead atoms. The number of carbonyl (C=O) groups is 1. The van der Waals surface area contributed by atoms with E-state index in [2.05, 4.69) is 27.8 Å². The third-order valence-electron chi connectivity index (χ3n) is 3.34. The van der Waals surface area contributed by atoms with Crippen LogP contribution in [0.3, 0.4) is 0 Å². The van der Waals surface area contributed by atoms with Crippen LogP contribution >= 0.6 is 15.9 Å². The van der Waals surface area contributed by atoms with Crippen LogP contribution in [0.25, 0.3) is 0 Å². The van der Waals surface area contributed by atoms with Crippen molar-refractivity contribution in [2.75, 3.05) is 6.54 Å². The molecule has 0 N–H and O–H groups in total. The number of likely N-dealkylation sites (tertiary alicyclic amines) is 1. The molecule has 2 heterocycles. The number of aryl methyl sites for hydroxylation is 1. The summed E-state index contributed by atoms with van der Waals surface area (Å²) in [5.41, 5.74) is 1.07. The summed E-state index contributed by atoms with van der Waals surface area (Å²) >= 11 is 3.42. The van der Waals surface area contributed by atoms with Crippen LogP contribution in [0, 0.1) is 5.92 Å². The van der Waals surface area contributed by atoms with Crippen molar-refractivity contribution in [1.29, 1.82) is 0 Å². The molecule has 1 aromatic heterocycles. The van der Waals surface area contributed by atoms with Gasteiger partial charge in [-0.05, 0) is 28.3 Å². The summed E-state index contributed by atoms with van der Waals surface area (Å²) in [4.78, 5) is 18.0. The number of amides is 1. The molecule has 1 fully saturated rings. The highest BCUT2D eigenvalue weighted by Gasteiger charge is 2.29. The van der Waals surface area contributed by atoms with E-state index in [9.17, 15) is 4.79 Å². The van der Waals surface area contributed by atoms with Crippen molar-refractivity contribution in [3.63, 3.8) is 0 Å². The Morgan fingerprint density at radius 3 is 2.94 bits per heavy atom. The van der Waals surface area contributed by atoms with Gasteiger partial charge in [0.1, 0.15) is 4.60 Å². The normalized spacial score (nSPS) is 20.3. The van der Waals surface area contributed by atoms with Gasteiger partial charge in [0.05, 0.1) is 18.6 Å². The van der Waals surface area contributed by atoms with E-state index in [0.717, 1.165) is 29.7 Å². The molecule has 0 aliphatic carbocycles. The molecular formula is C12H18BrN3O. The summed E-state index contributed by atoms with van der Waals surface area (Å²) in [6, 6.07) is 0. The topological polar surface area (TPSA) is 38.1 Å². The number of nitrogens with zero attached hydrogens (tertiary/aromatic N) is 3. The Hall–Kier alpha value is -0.840. The number of imidazole rings is 1. The average Bonchev–Trinajstić information content (AvgIpc) is 2.77. The summed E-state index contributed by atoms with van der Waals surface area (Å²) in [7, 11) is 1.96. The second kappa shape index (κ2) is 5.21. The molecule has 0 saturated carbocycles. The van der Waals surface area contributed by atoms with E-state index in [1.54, 1.807) is 6.33 Å². The van der Waals surface area contributed by atoms with Crippen LogP contribution in [-0.2, 0) is 18.4 Å². The van der Waals surface area contributed by atoms with Crippen LogP contribution in [0.4, 0.5) is 0 Å². The number of halogens is 1. The first kappa shape index (κ1) is 12.6. The molecule has 1 amide bonds. The summed E-state index contributed by atoms with van der Waals surface area (Å²) in [5.74, 6) is 0.816. The van der Waals surface area contributed by atoms with E-state index in [-0.39, 0.29) is 5.91 Å². The molecule has 0 aromatic carbocycles. The lowest BCUT2D eigenvalue weighted by Gasteiger charge is -2.17. The SMILES string of the molecule is CCCC1CC(=O)N(Cc2c(Br)ncn2C)C1. The predicted octanol–water partition coefficient (Wildman–Crippen LogP) is 2.33. The second-order valence-electron chi connectivity index (χ2n) is 4.73. The van der Waals surface area contributed by atoms with Gasteiger partial charge >= 0.3 is 0 Å². The monoisotopic (exact) mass is 299 g/mol. The van der Waals surface area contributed by atoms with E-state index in [0.29, 0.717) is 18.9 Å². The third-order valence-corrected chi connectivity index (χ3v) is 4.00. The fraction of sp³-hybridized carbons (Fsp3) is 0.667. The minimum absolute atomic E-state index is 0.275. The minimum atomic E-state index is 0.275. The quantitative estimate of drug-likeness (QED) is 0.856. The van der Waals surface area contributed by atoms with Crippen LogP contribution in [0.5, 0.6) is 0 Å². The number of hydrogen-bond donors (Lipinski definition) is 0.